The standard InChI is InChI=1S/C65H65N4O.Pt/c1-42-27-28-49(39-59(42)70-50-29-30-52-51-23-17-18-24-55(51)69(58(52)40-50)60-38-45(31-32-66-60)62(2,3)4)67-41-68(57-26-20-19-25-56(57)67)61-53(43-21-15-14-16-22-43)36-48(65(11,12)13)37-54(61)44-33-46(63(5,6)7)35-47(34-44)64(8,9)10;/h14-38,41H,1-13H3;/q-3;/i17D,18D,23D,24D;. The number of aryl methyl sites for hydroxylation is 1. The van der Waals surface area contributed by atoms with Crippen LogP contribution < -0.4 is 14.5 Å². The number of para-hydroxylation sites is 3. The Labute approximate surface area is 442 Å². The summed E-state index contributed by atoms with van der Waals surface area (Å²) in [5, 5.41) is 1.02. The second-order valence-electron chi connectivity index (χ2n) is 22.9. The number of pyridine rings is 1. The SMILES string of the molecule is [2H]c1c([2H])c([2H])c2c(c1[2H])c1ccc(Oc3[c-]c(N4[CH-]N(c5c(-c6ccccc6)cc(C(C)(C)C)cc5-c5cc(C(C)(C)C)cc(C(C)(C)C)c5)c5ccccc54)ccc3C)[c-]c1n2-c1cc(C(C)(C)C)ccn1.[Pt]. The molecule has 10 rings (SSSR count). The monoisotopic (exact) mass is 1120 g/mol. The van der Waals surface area contributed by atoms with Crippen LogP contribution in [0.5, 0.6) is 11.5 Å². The third-order valence-corrected chi connectivity index (χ3v) is 13.6. The van der Waals surface area contributed by atoms with Gasteiger partial charge in [0.05, 0.1) is 5.48 Å². The van der Waals surface area contributed by atoms with Crippen LogP contribution in [0, 0.1) is 25.7 Å². The number of nitrogens with zero attached hydrogens (tertiary/aromatic N) is 4. The zero-order valence-electron chi connectivity index (χ0n) is 47.2. The minimum absolute atomic E-state index is 0. The number of rotatable bonds is 7. The molecule has 0 unspecified atom stereocenters. The predicted octanol–water partition coefficient (Wildman–Crippen LogP) is 17.8. The van der Waals surface area contributed by atoms with Gasteiger partial charge in [0.1, 0.15) is 5.82 Å². The molecule has 0 aliphatic carbocycles. The van der Waals surface area contributed by atoms with Gasteiger partial charge in [-0.1, -0.05) is 174 Å². The smallest absolute Gasteiger partial charge is 0.135 e. The normalized spacial score (nSPS) is 14.0. The van der Waals surface area contributed by atoms with Crippen molar-refractivity contribution < 1.29 is 31.3 Å². The van der Waals surface area contributed by atoms with E-state index < -0.39 is 0 Å². The Kier molecular flexibility index (Phi) is 11.5. The predicted molar refractivity (Wildman–Crippen MR) is 295 cm³/mol. The third kappa shape index (κ3) is 9.47. The van der Waals surface area contributed by atoms with E-state index in [2.05, 4.69) is 203 Å². The Morgan fingerprint density at radius 2 is 1.15 bits per heavy atom. The van der Waals surface area contributed by atoms with E-state index in [1.165, 1.54) is 22.3 Å². The van der Waals surface area contributed by atoms with E-state index in [1.54, 1.807) is 16.8 Å². The molecule has 6 heteroatoms. The molecule has 0 fully saturated rings. The molecule has 364 valence electrons. The average Bonchev–Trinajstić information content (AvgIpc) is 3.91. The summed E-state index contributed by atoms with van der Waals surface area (Å²) in [7, 11) is 0. The van der Waals surface area contributed by atoms with Gasteiger partial charge in [-0.15, -0.1) is 47.6 Å². The van der Waals surface area contributed by atoms with E-state index in [9.17, 15) is 0 Å². The van der Waals surface area contributed by atoms with E-state index in [0.717, 1.165) is 50.6 Å². The quantitative estimate of drug-likeness (QED) is 0.149. The first-order valence-corrected chi connectivity index (χ1v) is 24.4. The Morgan fingerprint density at radius 1 is 0.563 bits per heavy atom. The van der Waals surface area contributed by atoms with Crippen LogP contribution in [0.25, 0.3) is 49.9 Å². The van der Waals surface area contributed by atoms with E-state index in [-0.39, 0.29) is 66.9 Å². The molecule has 2 aromatic heterocycles. The molecule has 0 spiro atoms. The van der Waals surface area contributed by atoms with Crippen LogP contribution in [0.3, 0.4) is 0 Å². The molecule has 3 heterocycles. The summed E-state index contributed by atoms with van der Waals surface area (Å²) in [6.45, 7) is 31.2. The van der Waals surface area contributed by atoms with Crippen LogP contribution in [-0.2, 0) is 42.7 Å². The van der Waals surface area contributed by atoms with Crippen LogP contribution in [0.1, 0.15) is 116 Å². The van der Waals surface area contributed by atoms with Gasteiger partial charge in [0.15, 0.2) is 0 Å². The minimum atomic E-state index is -0.310. The number of hydrogen-bond acceptors (Lipinski definition) is 4. The number of benzene rings is 7. The second kappa shape index (κ2) is 18.3. The molecule has 0 atom stereocenters. The average molecular weight is 1120 g/mol. The molecule has 9 aromatic rings. The van der Waals surface area contributed by atoms with Crippen molar-refractivity contribution in [3.8, 4) is 39.6 Å². The van der Waals surface area contributed by atoms with E-state index >= 15 is 0 Å². The Balaban J connectivity index is 0.00000689. The Hall–Kier alpha value is -6.42. The number of aromatic nitrogens is 2. The van der Waals surface area contributed by atoms with Crippen molar-refractivity contribution in [3.63, 3.8) is 0 Å². The fourth-order valence-electron chi connectivity index (χ4n) is 9.33. The summed E-state index contributed by atoms with van der Waals surface area (Å²) >= 11 is 0. The zero-order chi connectivity index (χ0) is 53.0. The molecule has 0 bridgehead atoms. The van der Waals surface area contributed by atoms with Crippen LogP contribution in [0.15, 0.2) is 152 Å². The minimum Gasteiger partial charge on any atom is -0.509 e. The first kappa shape index (κ1) is 44.5. The van der Waals surface area contributed by atoms with Gasteiger partial charge < -0.3 is 19.1 Å². The summed E-state index contributed by atoms with van der Waals surface area (Å²) in [5.74, 6) is 1.43. The van der Waals surface area contributed by atoms with Gasteiger partial charge in [-0.05, 0) is 103 Å². The maximum absolute atomic E-state index is 9.12. The molecule has 1 aliphatic rings. The summed E-state index contributed by atoms with van der Waals surface area (Å²) in [5.41, 5.74) is 14.5. The molecule has 7 aromatic carbocycles. The maximum atomic E-state index is 9.12. The summed E-state index contributed by atoms with van der Waals surface area (Å²) < 4.78 is 44.0. The van der Waals surface area contributed by atoms with Crippen LogP contribution in [-0.4, -0.2) is 9.55 Å². The van der Waals surface area contributed by atoms with Gasteiger partial charge in [0.2, 0.25) is 0 Å². The molecule has 0 radical (unpaired) electrons. The topological polar surface area (TPSA) is 33.5 Å². The number of fused-ring (bicyclic) bond motifs is 4. The number of anilines is 4. The molecule has 0 saturated carbocycles. The van der Waals surface area contributed by atoms with Gasteiger partial charge in [-0.25, -0.2) is 4.98 Å². The molecule has 5 nitrogen and oxygen atoms in total. The van der Waals surface area contributed by atoms with Crippen molar-refractivity contribution in [2.24, 2.45) is 0 Å². The summed E-state index contributed by atoms with van der Waals surface area (Å²) in [4.78, 5) is 9.30. The van der Waals surface area contributed by atoms with Crippen LogP contribution in [0.4, 0.5) is 22.7 Å². The zero-order valence-corrected chi connectivity index (χ0v) is 45.5. The van der Waals surface area contributed by atoms with Crippen molar-refractivity contribution in [3.05, 3.63) is 198 Å². The van der Waals surface area contributed by atoms with Gasteiger partial charge in [0.25, 0.3) is 0 Å². The first-order chi connectivity index (χ1) is 34.8. The van der Waals surface area contributed by atoms with Gasteiger partial charge in [-0.2, -0.15) is 12.1 Å². The molecular formula is C65H65N4OPt-3. The number of ether oxygens (including phenoxy) is 1. The molecule has 0 N–H and O–H groups in total. The molecular weight excluding hydrogens is 1050 g/mol. The fourth-order valence-corrected chi connectivity index (χ4v) is 9.33. The van der Waals surface area contributed by atoms with Crippen LogP contribution in [0.2, 0.25) is 0 Å². The second-order valence-corrected chi connectivity index (χ2v) is 22.9. The Bertz CT molecular complexity index is 3660. The summed E-state index contributed by atoms with van der Waals surface area (Å²) in [6.07, 6.45) is 1.75. The maximum Gasteiger partial charge on any atom is 0.135 e. The summed E-state index contributed by atoms with van der Waals surface area (Å²) in [6, 6.07) is 49.3. The van der Waals surface area contributed by atoms with Crippen molar-refractivity contribution in [1.82, 2.24) is 9.55 Å². The fraction of sp³-hybridized carbons (Fsp3) is 0.262. The molecule has 0 amide bonds. The van der Waals surface area contributed by atoms with E-state index in [4.69, 9.17) is 15.2 Å². The van der Waals surface area contributed by atoms with Crippen molar-refractivity contribution in [1.29, 1.82) is 0 Å². The van der Waals surface area contributed by atoms with Crippen molar-refractivity contribution in [2.45, 2.75) is 112 Å². The van der Waals surface area contributed by atoms with Gasteiger partial charge >= 0.3 is 0 Å². The van der Waals surface area contributed by atoms with Gasteiger partial charge in [0, 0.05) is 72.5 Å². The van der Waals surface area contributed by atoms with Crippen molar-refractivity contribution in [2.75, 3.05) is 9.80 Å². The molecule has 1 aliphatic heterocycles. The largest absolute Gasteiger partial charge is 0.509 e. The number of hydrogen-bond donors (Lipinski definition) is 0. The molecule has 0 saturated heterocycles. The Morgan fingerprint density at radius 3 is 1.80 bits per heavy atom. The van der Waals surface area contributed by atoms with Crippen molar-refractivity contribution >= 4 is 44.6 Å². The first-order valence-electron chi connectivity index (χ1n) is 26.4. The van der Waals surface area contributed by atoms with E-state index in [0.29, 0.717) is 39.1 Å². The van der Waals surface area contributed by atoms with Gasteiger partial charge in [-0.3, -0.25) is 0 Å². The third-order valence-electron chi connectivity index (χ3n) is 13.6. The van der Waals surface area contributed by atoms with E-state index in [1.807, 2.05) is 31.2 Å². The molecule has 71 heavy (non-hydrogen) atoms. The van der Waals surface area contributed by atoms with Crippen LogP contribution >= 0.6 is 0 Å².